The van der Waals surface area contributed by atoms with E-state index < -0.39 is 21.7 Å². The number of rotatable bonds is 4. The highest BCUT2D eigenvalue weighted by molar-refractivity contribution is 7.94. The average Bonchev–Trinajstić information content (AvgIpc) is 2.82. The molecule has 2 N–H and O–H groups in total. The number of sulfonamides is 1. The summed E-state index contributed by atoms with van der Waals surface area (Å²) in [4.78, 5) is 10.8. The second kappa shape index (κ2) is 5.92. The van der Waals surface area contributed by atoms with Crippen LogP contribution < -0.4 is 10.0 Å². The number of amides is 1. The van der Waals surface area contributed by atoms with Gasteiger partial charge in [-0.2, -0.15) is 8.42 Å². The molecule has 0 unspecified atom stereocenters. The van der Waals surface area contributed by atoms with Crippen LogP contribution in [0, 0.1) is 5.82 Å². The SMILES string of the molecule is CC(=O)Nc1nnc(S(=O)(=O)Nc2ccc(F)c(Cl)c2)s1. The lowest BCUT2D eigenvalue weighted by molar-refractivity contribution is -0.114. The summed E-state index contributed by atoms with van der Waals surface area (Å²) in [6.07, 6.45) is 0. The first-order valence-corrected chi connectivity index (χ1v) is 8.04. The number of carbonyl (C=O) groups excluding carboxylic acids is 1. The zero-order valence-electron chi connectivity index (χ0n) is 10.4. The third kappa shape index (κ3) is 3.86. The highest BCUT2D eigenvalue weighted by Crippen LogP contribution is 2.24. The average molecular weight is 351 g/mol. The molecule has 2 rings (SSSR count). The lowest BCUT2D eigenvalue weighted by Gasteiger charge is -2.05. The van der Waals surface area contributed by atoms with Gasteiger partial charge < -0.3 is 5.32 Å². The third-order valence-corrected chi connectivity index (χ3v) is 4.97. The van der Waals surface area contributed by atoms with Gasteiger partial charge in [0.2, 0.25) is 11.0 Å². The van der Waals surface area contributed by atoms with Gasteiger partial charge in [-0.15, -0.1) is 10.2 Å². The van der Waals surface area contributed by atoms with Crippen LogP contribution in [0.5, 0.6) is 0 Å². The van der Waals surface area contributed by atoms with E-state index in [1.807, 2.05) is 0 Å². The van der Waals surface area contributed by atoms with Gasteiger partial charge in [-0.05, 0) is 18.2 Å². The minimum atomic E-state index is -4.00. The van der Waals surface area contributed by atoms with Gasteiger partial charge >= 0.3 is 0 Å². The molecule has 0 saturated heterocycles. The number of halogens is 2. The van der Waals surface area contributed by atoms with Crippen molar-refractivity contribution in [2.75, 3.05) is 10.0 Å². The zero-order chi connectivity index (χ0) is 15.6. The van der Waals surface area contributed by atoms with Crippen LogP contribution in [-0.4, -0.2) is 24.5 Å². The van der Waals surface area contributed by atoms with E-state index in [2.05, 4.69) is 20.2 Å². The Balaban J connectivity index is 2.23. The van der Waals surface area contributed by atoms with Gasteiger partial charge in [-0.3, -0.25) is 9.52 Å². The predicted molar refractivity (Wildman–Crippen MR) is 76.4 cm³/mol. The predicted octanol–water partition coefficient (Wildman–Crippen LogP) is 2.09. The standard InChI is InChI=1S/C10H8ClFN4O3S2/c1-5(17)13-9-14-15-10(20-9)21(18,19)16-6-2-3-8(12)7(11)4-6/h2-4,16H,1H3,(H,13,14,17). The summed E-state index contributed by atoms with van der Waals surface area (Å²) in [5.41, 5.74) is 0.0812. The van der Waals surface area contributed by atoms with Gasteiger partial charge in [0, 0.05) is 6.92 Å². The smallest absolute Gasteiger partial charge is 0.291 e. The number of hydrogen-bond donors (Lipinski definition) is 2. The number of benzene rings is 1. The van der Waals surface area contributed by atoms with Crippen molar-refractivity contribution in [1.29, 1.82) is 0 Å². The Bertz CT molecular complexity index is 793. The van der Waals surface area contributed by atoms with Crippen LogP contribution in [0.2, 0.25) is 5.02 Å². The fourth-order valence-electron chi connectivity index (χ4n) is 1.28. The molecule has 21 heavy (non-hydrogen) atoms. The molecular weight excluding hydrogens is 343 g/mol. The summed E-state index contributed by atoms with van der Waals surface area (Å²) in [6.45, 7) is 1.26. The van der Waals surface area contributed by atoms with Gasteiger partial charge in [0.15, 0.2) is 0 Å². The first-order valence-electron chi connectivity index (χ1n) is 5.37. The van der Waals surface area contributed by atoms with Crippen LogP contribution in [0.15, 0.2) is 22.5 Å². The highest BCUT2D eigenvalue weighted by atomic mass is 35.5. The van der Waals surface area contributed by atoms with Crippen molar-refractivity contribution in [2.45, 2.75) is 11.3 Å². The Morgan fingerprint density at radius 3 is 2.71 bits per heavy atom. The maximum Gasteiger partial charge on any atom is 0.291 e. The highest BCUT2D eigenvalue weighted by Gasteiger charge is 2.21. The van der Waals surface area contributed by atoms with Gasteiger partial charge in [0.25, 0.3) is 14.4 Å². The second-order valence-electron chi connectivity index (χ2n) is 3.79. The van der Waals surface area contributed by atoms with Crippen LogP contribution >= 0.6 is 22.9 Å². The fourth-order valence-corrected chi connectivity index (χ4v) is 3.46. The lowest BCUT2D eigenvalue weighted by atomic mass is 10.3. The molecule has 7 nitrogen and oxygen atoms in total. The van der Waals surface area contributed by atoms with Gasteiger partial charge in [-0.25, -0.2) is 4.39 Å². The summed E-state index contributed by atoms with van der Waals surface area (Å²) in [5.74, 6) is -1.06. The maximum atomic E-state index is 13.0. The Labute approximate surface area is 128 Å². The molecule has 0 spiro atoms. The van der Waals surface area contributed by atoms with E-state index in [-0.39, 0.29) is 20.2 Å². The van der Waals surface area contributed by atoms with Crippen molar-refractivity contribution in [2.24, 2.45) is 0 Å². The molecule has 1 heterocycles. The Morgan fingerprint density at radius 1 is 1.38 bits per heavy atom. The summed E-state index contributed by atoms with van der Waals surface area (Å²) < 4.78 is 38.9. The topological polar surface area (TPSA) is 101 Å². The van der Waals surface area contributed by atoms with Crippen molar-refractivity contribution in [3.63, 3.8) is 0 Å². The fraction of sp³-hybridized carbons (Fsp3) is 0.100. The van der Waals surface area contributed by atoms with Crippen LogP contribution in [0.1, 0.15) is 6.92 Å². The van der Waals surface area contributed by atoms with Crippen LogP contribution in [0.4, 0.5) is 15.2 Å². The summed E-state index contributed by atoms with van der Waals surface area (Å²) in [6, 6.07) is 3.38. The lowest BCUT2D eigenvalue weighted by Crippen LogP contribution is -2.12. The molecule has 112 valence electrons. The number of hydrogen-bond acceptors (Lipinski definition) is 6. The van der Waals surface area contributed by atoms with E-state index in [4.69, 9.17) is 11.6 Å². The zero-order valence-corrected chi connectivity index (χ0v) is 12.8. The summed E-state index contributed by atoms with van der Waals surface area (Å²) in [7, 11) is -4.00. The van der Waals surface area contributed by atoms with Crippen LogP contribution in [-0.2, 0) is 14.8 Å². The molecule has 11 heteroatoms. The van der Waals surface area contributed by atoms with Gasteiger partial charge in [0.05, 0.1) is 10.7 Å². The van der Waals surface area contributed by atoms with E-state index in [9.17, 15) is 17.6 Å². The molecule has 0 radical (unpaired) electrons. The quantitative estimate of drug-likeness (QED) is 0.822. The molecule has 1 aromatic heterocycles. The molecule has 0 atom stereocenters. The van der Waals surface area contributed by atoms with Gasteiger partial charge in [0.1, 0.15) is 5.82 Å². The number of carbonyl (C=O) groups is 1. The first kappa shape index (κ1) is 15.6. The van der Waals surface area contributed by atoms with Crippen molar-refractivity contribution < 1.29 is 17.6 Å². The third-order valence-electron chi connectivity index (χ3n) is 2.09. The number of anilines is 2. The van der Waals surface area contributed by atoms with Crippen molar-refractivity contribution in [3.8, 4) is 0 Å². The largest absolute Gasteiger partial charge is 0.301 e. The minimum Gasteiger partial charge on any atom is -0.301 e. The van der Waals surface area contributed by atoms with E-state index in [1.165, 1.54) is 13.0 Å². The number of aromatic nitrogens is 2. The molecule has 2 aromatic rings. The molecule has 0 fully saturated rings. The molecule has 1 aromatic carbocycles. The first-order chi connectivity index (χ1) is 9.78. The second-order valence-corrected chi connectivity index (χ2v) is 7.03. The Hall–Kier alpha value is -1.78. The van der Waals surface area contributed by atoms with E-state index in [0.29, 0.717) is 11.3 Å². The summed E-state index contributed by atoms with van der Waals surface area (Å²) in [5, 5.41) is 9.16. The molecule has 0 bridgehead atoms. The van der Waals surface area contributed by atoms with Crippen molar-refractivity contribution in [1.82, 2.24) is 10.2 Å². The molecule has 0 aliphatic heterocycles. The van der Waals surface area contributed by atoms with Crippen molar-refractivity contribution in [3.05, 3.63) is 29.0 Å². The molecule has 0 saturated carbocycles. The maximum absolute atomic E-state index is 13.0. The monoisotopic (exact) mass is 350 g/mol. The number of nitrogens with zero attached hydrogens (tertiary/aromatic N) is 2. The minimum absolute atomic E-state index is 0.0556. The summed E-state index contributed by atoms with van der Waals surface area (Å²) >= 11 is 6.25. The van der Waals surface area contributed by atoms with Crippen LogP contribution in [0.3, 0.4) is 0 Å². The number of nitrogens with one attached hydrogen (secondary N) is 2. The normalized spacial score (nSPS) is 11.2. The van der Waals surface area contributed by atoms with E-state index >= 15 is 0 Å². The van der Waals surface area contributed by atoms with Crippen LogP contribution in [0.25, 0.3) is 0 Å². The molecular formula is C10H8ClFN4O3S2. The Morgan fingerprint density at radius 2 is 2.10 bits per heavy atom. The van der Waals surface area contributed by atoms with Crippen molar-refractivity contribution >= 4 is 49.7 Å². The molecule has 0 aliphatic carbocycles. The Kier molecular flexibility index (Phi) is 4.40. The van der Waals surface area contributed by atoms with Gasteiger partial charge in [-0.1, -0.05) is 22.9 Å². The van der Waals surface area contributed by atoms with E-state index in [1.54, 1.807) is 0 Å². The molecule has 1 amide bonds. The van der Waals surface area contributed by atoms with E-state index in [0.717, 1.165) is 12.1 Å². The molecule has 0 aliphatic rings.